The molecule has 0 spiro atoms. The highest BCUT2D eigenvalue weighted by atomic mass is 32.2. The van der Waals surface area contributed by atoms with Gasteiger partial charge in [-0.25, -0.2) is 9.10 Å². The molecule has 0 bridgehead atoms. The van der Waals surface area contributed by atoms with Gasteiger partial charge < -0.3 is 4.74 Å². The zero-order valence-corrected chi connectivity index (χ0v) is 11.2. The van der Waals surface area contributed by atoms with E-state index in [1.165, 1.54) is 13.8 Å². The van der Waals surface area contributed by atoms with Gasteiger partial charge in [0, 0.05) is 13.1 Å². The molecule has 0 amide bonds. The monoisotopic (exact) mass is 313 g/mol. The topological polar surface area (TPSA) is 29.5 Å². The second kappa shape index (κ2) is 6.21. The smallest absolute Gasteiger partial charge is 0.424 e. The molecule has 10 heteroatoms. The van der Waals surface area contributed by atoms with E-state index in [4.69, 9.17) is 0 Å². The third-order valence-corrected chi connectivity index (χ3v) is 3.92. The Hall–Kier alpha value is -0.640. The van der Waals surface area contributed by atoms with Gasteiger partial charge in [-0.1, -0.05) is 13.8 Å². The molecular formula is C9H13F6NO2S. The second-order valence-corrected chi connectivity index (χ2v) is 4.69. The molecule has 0 heterocycles. The molecule has 0 aromatic heterocycles. The minimum Gasteiger partial charge on any atom is -0.467 e. The number of alkyl halides is 6. The van der Waals surface area contributed by atoms with Gasteiger partial charge in [-0.2, -0.15) is 26.3 Å². The molecule has 0 radical (unpaired) electrons. The van der Waals surface area contributed by atoms with Crippen molar-refractivity contribution in [2.75, 3.05) is 20.2 Å². The van der Waals surface area contributed by atoms with E-state index in [9.17, 15) is 31.1 Å². The van der Waals surface area contributed by atoms with E-state index in [1.807, 2.05) is 0 Å². The van der Waals surface area contributed by atoms with Crippen LogP contribution in [0.2, 0.25) is 0 Å². The van der Waals surface area contributed by atoms with Crippen LogP contribution in [0.25, 0.3) is 0 Å². The highest BCUT2D eigenvalue weighted by Gasteiger charge is 2.78. The molecule has 0 aliphatic heterocycles. The van der Waals surface area contributed by atoms with Gasteiger partial charge in [0.25, 0.3) is 0 Å². The van der Waals surface area contributed by atoms with Crippen molar-refractivity contribution in [2.45, 2.75) is 30.9 Å². The molecule has 19 heavy (non-hydrogen) atoms. The van der Waals surface area contributed by atoms with Crippen molar-refractivity contribution in [1.29, 1.82) is 0 Å². The van der Waals surface area contributed by atoms with Crippen LogP contribution in [0.15, 0.2) is 0 Å². The van der Waals surface area contributed by atoms with Gasteiger partial charge >= 0.3 is 23.1 Å². The van der Waals surface area contributed by atoms with E-state index in [0.717, 1.165) is 4.31 Å². The molecule has 0 aliphatic rings. The Morgan fingerprint density at radius 1 is 1.05 bits per heavy atom. The van der Waals surface area contributed by atoms with Crippen LogP contribution in [0.1, 0.15) is 13.8 Å². The normalized spacial score (nSPS) is 13.8. The van der Waals surface area contributed by atoms with Gasteiger partial charge in [0.2, 0.25) is 0 Å². The number of carbonyl (C=O) groups excluding carboxylic acids is 1. The largest absolute Gasteiger partial charge is 0.467 e. The van der Waals surface area contributed by atoms with Crippen LogP contribution < -0.4 is 0 Å². The summed E-state index contributed by atoms with van der Waals surface area (Å²) >= 11 is -0.607. The number of esters is 1. The van der Waals surface area contributed by atoms with Crippen molar-refractivity contribution in [1.82, 2.24) is 4.31 Å². The summed E-state index contributed by atoms with van der Waals surface area (Å²) in [5, 5.41) is 0. The van der Waals surface area contributed by atoms with E-state index < -0.39 is 35.0 Å². The van der Waals surface area contributed by atoms with E-state index in [1.54, 1.807) is 0 Å². The van der Waals surface area contributed by atoms with Crippen LogP contribution in [0.5, 0.6) is 0 Å². The lowest BCUT2D eigenvalue weighted by Gasteiger charge is -2.36. The average Bonchev–Trinajstić information content (AvgIpc) is 2.26. The lowest BCUT2D eigenvalue weighted by molar-refractivity contribution is -0.264. The summed E-state index contributed by atoms with van der Waals surface area (Å²) < 4.78 is 77.2. The summed E-state index contributed by atoms with van der Waals surface area (Å²) in [6.45, 7) is 2.58. The Morgan fingerprint density at radius 2 is 1.42 bits per heavy atom. The average molecular weight is 313 g/mol. The fourth-order valence-corrected chi connectivity index (χ4v) is 2.23. The number of hydrogen-bond acceptors (Lipinski definition) is 4. The maximum Gasteiger partial charge on any atom is 0.424 e. The third-order valence-electron chi connectivity index (χ3n) is 2.24. The van der Waals surface area contributed by atoms with Crippen LogP contribution in [0.4, 0.5) is 26.3 Å². The molecule has 114 valence electrons. The van der Waals surface area contributed by atoms with E-state index in [0.29, 0.717) is 7.11 Å². The number of hydrogen-bond donors (Lipinski definition) is 0. The zero-order valence-electron chi connectivity index (χ0n) is 10.4. The number of methoxy groups -OCH3 is 1. The molecule has 0 aromatic carbocycles. The maximum atomic E-state index is 12.9. The van der Waals surface area contributed by atoms with Crippen molar-refractivity contribution in [3.05, 3.63) is 0 Å². The summed E-state index contributed by atoms with van der Waals surface area (Å²) in [5.41, 5.74) is 0. The number of rotatable bonds is 5. The van der Waals surface area contributed by atoms with Crippen LogP contribution in [0, 0.1) is 0 Å². The first-order valence-electron chi connectivity index (χ1n) is 5.13. The lowest BCUT2D eigenvalue weighted by atomic mass is 10.1. The molecule has 0 saturated heterocycles. The lowest BCUT2D eigenvalue weighted by Crippen LogP contribution is -2.61. The first-order valence-corrected chi connectivity index (χ1v) is 5.91. The van der Waals surface area contributed by atoms with Gasteiger partial charge in [-0.15, -0.1) is 0 Å². The van der Waals surface area contributed by atoms with Gasteiger partial charge in [0.1, 0.15) is 0 Å². The number of carbonyl (C=O) groups is 1. The van der Waals surface area contributed by atoms with E-state index in [-0.39, 0.29) is 13.1 Å². The molecule has 0 saturated carbocycles. The SMILES string of the molecule is CCN(CC)SC(C(=O)OC)(C(F)(F)F)C(F)(F)F. The standard InChI is InChI=1S/C9H13F6NO2S/c1-4-16(5-2)19-7(6(17)18-3,8(10,11)12)9(13,14)15/h4-5H2,1-3H3. The molecule has 0 aromatic rings. The Kier molecular flexibility index (Phi) is 6.00. The Labute approximate surface area is 110 Å². The molecule has 0 aliphatic carbocycles. The van der Waals surface area contributed by atoms with E-state index in [2.05, 4.69) is 4.74 Å². The zero-order chi connectivity index (χ0) is 15.5. The summed E-state index contributed by atoms with van der Waals surface area (Å²) in [6, 6.07) is 0. The van der Waals surface area contributed by atoms with Crippen molar-refractivity contribution in [3.63, 3.8) is 0 Å². The van der Waals surface area contributed by atoms with Crippen molar-refractivity contribution in [3.8, 4) is 0 Å². The van der Waals surface area contributed by atoms with Crippen LogP contribution >= 0.6 is 11.9 Å². The quantitative estimate of drug-likeness (QED) is 0.443. The van der Waals surface area contributed by atoms with Crippen LogP contribution in [0.3, 0.4) is 0 Å². The first kappa shape index (κ1) is 18.4. The molecule has 0 atom stereocenters. The summed E-state index contributed by atoms with van der Waals surface area (Å²) in [5.74, 6) is -2.38. The molecule has 0 fully saturated rings. The molecular weight excluding hydrogens is 300 g/mol. The number of ether oxygens (including phenoxy) is 1. The van der Waals surface area contributed by atoms with Gasteiger partial charge in [-0.3, -0.25) is 0 Å². The molecule has 0 rings (SSSR count). The van der Waals surface area contributed by atoms with Gasteiger partial charge in [0.05, 0.1) is 7.11 Å². The fourth-order valence-electron chi connectivity index (χ4n) is 1.22. The summed E-state index contributed by atoms with van der Waals surface area (Å²) in [4.78, 5) is 11.2. The molecule has 0 N–H and O–H groups in total. The minimum absolute atomic E-state index is 0.0912. The molecule has 0 unspecified atom stereocenters. The van der Waals surface area contributed by atoms with Crippen LogP contribution in [-0.2, 0) is 9.53 Å². The minimum atomic E-state index is -5.83. The fraction of sp³-hybridized carbons (Fsp3) is 0.889. The van der Waals surface area contributed by atoms with Crippen molar-refractivity contribution < 1.29 is 35.9 Å². The van der Waals surface area contributed by atoms with E-state index >= 15 is 0 Å². The molecule has 3 nitrogen and oxygen atoms in total. The van der Waals surface area contributed by atoms with Gasteiger partial charge in [-0.05, 0) is 11.9 Å². The predicted molar refractivity (Wildman–Crippen MR) is 57.4 cm³/mol. The predicted octanol–water partition coefficient (Wildman–Crippen LogP) is 3.01. The highest BCUT2D eigenvalue weighted by molar-refractivity contribution is 7.99. The second-order valence-electron chi connectivity index (χ2n) is 3.37. The first-order chi connectivity index (χ1) is 8.47. The maximum absolute atomic E-state index is 12.9. The van der Waals surface area contributed by atoms with Crippen molar-refractivity contribution in [2.24, 2.45) is 0 Å². The Morgan fingerprint density at radius 3 is 1.63 bits per heavy atom. The number of nitrogens with zero attached hydrogens (tertiary/aromatic N) is 1. The third kappa shape index (κ3) is 3.47. The van der Waals surface area contributed by atoms with Crippen LogP contribution in [-0.4, -0.2) is 47.6 Å². The summed E-state index contributed by atoms with van der Waals surface area (Å²) in [6.07, 6.45) is -11.7. The Balaban J connectivity index is 5.86. The van der Waals surface area contributed by atoms with Crippen molar-refractivity contribution >= 4 is 17.9 Å². The highest BCUT2D eigenvalue weighted by Crippen LogP contribution is 2.53. The Bertz CT molecular complexity index is 299. The summed E-state index contributed by atoms with van der Waals surface area (Å²) in [7, 11) is 0.483. The number of halogens is 6. The van der Waals surface area contributed by atoms with Gasteiger partial charge in [0.15, 0.2) is 0 Å².